The summed E-state index contributed by atoms with van der Waals surface area (Å²) in [6, 6.07) is 9.54. The topological polar surface area (TPSA) is 125 Å². The average Bonchev–Trinajstić information content (AvgIpc) is 3.09. The third-order valence-corrected chi connectivity index (χ3v) is 4.40. The van der Waals surface area contributed by atoms with E-state index in [1.165, 1.54) is 6.92 Å². The number of nitrogens with two attached hydrogens (primary N) is 1. The lowest BCUT2D eigenvalue weighted by Gasteiger charge is -2.14. The summed E-state index contributed by atoms with van der Waals surface area (Å²) in [6.07, 6.45) is 2.19. The second kappa shape index (κ2) is 7.93. The Morgan fingerprint density at radius 1 is 1.30 bits per heavy atom. The molecule has 0 radical (unpaired) electrons. The quantitative estimate of drug-likeness (QED) is 0.743. The minimum atomic E-state index is -0.630. The van der Waals surface area contributed by atoms with E-state index in [4.69, 9.17) is 5.73 Å². The smallest absolute Gasteiger partial charge is 0.231 e. The Hall–Kier alpha value is -3.31. The Labute approximate surface area is 157 Å². The zero-order valence-electron chi connectivity index (χ0n) is 15.0. The van der Waals surface area contributed by atoms with Gasteiger partial charge in [0.1, 0.15) is 5.78 Å². The highest BCUT2D eigenvalue weighted by Crippen LogP contribution is 2.31. The van der Waals surface area contributed by atoms with Crippen LogP contribution in [0.4, 0.5) is 5.95 Å². The van der Waals surface area contributed by atoms with Gasteiger partial charge in [-0.1, -0.05) is 30.3 Å². The van der Waals surface area contributed by atoms with Crippen LogP contribution in [-0.4, -0.2) is 33.1 Å². The zero-order chi connectivity index (χ0) is 19.4. The minimum absolute atomic E-state index is 0.0596. The van der Waals surface area contributed by atoms with Crippen molar-refractivity contribution in [3.05, 3.63) is 41.6 Å². The van der Waals surface area contributed by atoms with Crippen molar-refractivity contribution >= 4 is 17.6 Å². The molecule has 0 bridgehead atoms. The molecule has 3 N–H and O–H groups in total. The largest absolute Gasteiger partial charge is 0.330 e. The van der Waals surface area contributed by atoms with E-state index < -0.39 is 5.92 Å². The lowest BCUT2D eigenvalue weighted by Crippen LogP contribution is -2.31. The third kappa shape index (κ3) is 4.10. The number of anilines is 1. The summed E-state index contributed by atoms with van der Waals surface area (Å²) >= 11 is 0. The van der Waals surface area contributed by atoms with Crippen LogP contribution in [0.5, 0.6) is 0 Å². The molecule has 1 aliphatic rings. The molecular weight excluding hydrogens is 344 g/mol. The molecule has 8 nitrogen and oxygen atoms in total. The van der Waals surface area contributed by atoms with Gasteiger partial charge >= 0.3 is 0 Å². The SMILES string of the molecule is CC(=O)CC(CN)C(=O)Nc1nc2c(c(-c3ccccc3)n1)CN(C#N)C2. The van der Waals surface area contributed by atoms with Crippen molar-refractivity contribution in [2.24, 2.45) is 11.7 Å². The van der Waals surface area contributed by atoms with Gasteiger partial charge in [0.15, 0.2) is 6.19 Å². The molecule has 0 aliphatic carbocycles. The van der Waals surface area contributed by atoms with Crippen LogP contribution in [0.3, 0.4) is 0 Å². The number of aromatic nitrogens is 2. The van der Waals surface area contributed by atoms with Crippen molar-refractivity contribution < 1.29 is 9.59 Å². The van der Waals surface area contributed by atoms with E-state index in [0.717, 1.165) is 11.1 Å². The molecule has 0 spiro atoms. The van der Waals surface area contributed by atoms with Crippen LogP contribution >= 0.6 is 0 Å². The number of ketones is 1. The molecule has 2 aromatic rings. The van der Waals surface area contributed by atoms with Gasteiger partial charge < -0.3 is 15.4 Å². The first kappa shape index (κ1) is 18.5. The van der Waals surface area contributed by atoms with E-state index in [1.54, 1.807) is 4.90 Å². The number of Topliss-reactive ketones (excluding diaryl/α,β-unsaturated/α-hetero) is 1. The van der Waals surface area contributed by atoms with E-state index in [9.17, 15) is 14.9 Å². The highest BCUT2D eigenvalue weighted by Gasteiger charge is 2.26. The number of fused-ring (bicyclic) bond motifs is 1. The summed E-state index contributed by atoms with van der Waals surface area (Å²) in [5.74, 6) is -0.971. The third-order valence-electron chi connectivity index (χ3n) is 4.40. The molecule has 3 rings (SSSR count). The molecule has 0 saturated heterocycles. The van der Waals surface area contributed by atoms with Crippen LogP contribution in [-0.2, 0) is 22.7 Å². The fourth-order valence-corrected chi connectivity index (χ4v) is 3.06. The average molecular weight is 364 g/mol. The molecule has 1 unspecified atom stereocenters. The van der Waals surface area contributed by atoms with Gasteiger partial charge in [-0.05, 0) is 6.92 Å². The molecule has 27 heavy (non-hydrogen) atoms. The van der Waals surface area contributed by atoms with E-state index in [0.29, 0.717) is 24.5 Å². The highest BCUT2D eigenvalue weighted by atomic mass is 16.2. The second-order valence-electron chi connectivity index (χ2n) is 6.47. The fourth-order valence-electron chi connectivity index (χ4n) is 3.06. The normalized spacial score (nSPS) is 13.6. The molecule has 1 aliphatic heterocycles. The summed E-state index contributed by atoms with van der Waals surface area (Å²) < 4.78 is 0. The Morgan fingerprint density at radius 3 is 2.67 bits per heavy atom. The van der Waals surface area contributed by atoms with Crippen LogP contribution in [0.2, 0.25) is 0 Å². The summed E-state index contributed by atoms with van der Waals surface area (Å²) in [5, 5.41) is 11.9. The van der Waals surface area contributed by atoms with Crippen LogP contribution < -0.4 is 11.1 Å². The Balaban J connectivity index is 1.95. The number of benzene rings is 1. The number of amides is 1. The van der Waals surface area contributed by atoms with Crippen LogP contribution in [0.1, 0.15) is 24.6 Å². The predicted molar refractivity (Wildman–Crippen MR) is 98.8 cm³/mol. The van der Waals surface area contributed by atoms with Crippen molar-refractivity contribution in [1.82, 2.24) is 14.9 Å². The van der Waals surface area contributed by atoms with Gasteiger partial charge in [0, 0.05) is 24.1 Å². The van der Waals surface area contributed by atoms with Gasteiger partial charge in [-0.25, -0.2) is 9.97 Å². The molecule has 1 amide bonds. The number of hydrogen-bond donors (Lipinski definition) is 2. The Morgan fingerprint density at radius 2 is 2.04 bits per heavy atom. The molecule has 138 valence electrons. The molecular formula is C19H20N6O2. The summed E-state index contributed by atoms with van der Waals surface area (Å²) in [7, 11) is 0. The lowest BCUT2D eigenvalue weighted by molar-refractivity contribution is -0.125. The Kier molecular flexibility index (Phi) is 5.43. The number of nitriles is 1. The summed E-state index contributed by atoms with van der Waals surface area (Å²) in [6.45, 7) is 2.28. The van der Waals surface area contributed by atoms with Crippen molar-refractivity contribution in [2.75, 3.05) is 11.9 Å². The van der Waals surface area contributed by atoms with Crippen LogP contribution in [0.25, 0.3) is 11.3 Å². The van der Waals surface area contributed by atoms with E-state index in [-0.39, 0.29) is 30.6 Å². The van der Waals surface area contributed by atoms with Gasteiger partial charge in [-0.2, -0.15) is 5.26 Å². The van der Waals surface area contributed by atoms with E-state index in [2.05, 4.69) is 21.5 Å². The first-order chi connectivity index (χ1) is 13.0. The molecule has 2 heterocycles. The number of carbonyl (C=O) groups is 2. The maximum Gasteiger partial charge on any atom is 0.231 e. The standard InChI is InChI=1S/C19H20N6O2/c1-12(26)7-14(8-20)18(27)24-19-22-16-10-25(11-21)9-15(16)17(23-19)13-5-3-2-4-6-13/h2-6,14H,7-10,20H2,1H3,(H,22,23,24,27). The second-order valence-corrected chi connectivity index (χ2v) is 6.47. The molecule has 1 aromatic heterocycles. The van der Waals surface area contributed by atoms with Crippen molar-refractivity contribution in [3.63, 3.8) is 0 Å². The zero-order valence-corrected chi connectivity index (χ0v) is 15.0. The predicted octanol–water partition coefficient (Wildman–Crippen LogP) is 1.43. The molecule has 0 fully saturated rings. The minimum Gasteiger partial charge on any atom is -0.330 e. The van der Waals surface area contributed by atoms with Crippen molar-refractivity contribution in [3.8, 4) is 17.5 Å². The van der Waals surface area contributed by atoms with Crippen LogP contribution in [0.15, 0.2) is 30.3 Å². The van der Waals surface area contributed by atoms with Crippen LogP contribution in [0, 0.1) is 17.4 Å². The fraction of sp³-hybridized carbons (Fsp3) is 0.316. The van der Waals surface area contributed by atoms with E-state index in [1.807, 2.05) is 30.3 Å². The molecule has 1 atom stereocenters. The first-order valence-corrected chi connectivity index (χ1v) is 8.62. The van der Waals surface area contributed by atoms with Crippen molar-refractivity contribution in [1.29, 1.82) is 5.26 Å². The molecule has 1 aromatic carbocycles. The maximum absolute atomic E-state index is 12.5. The number of carbonyl (C=O) groups excluding carboxylic acids is 2. The Bertz CT molecular complexity index is 906. The van der Waals surface area contributed by atoms with Gasteiger partial charge in [0.25, 0.3) is 0 Å². The molecule has 8 heteroatoms. The van der Waals surface area contributed by atoms with Gasteiger partial charge in [-0.3, -0.25) is 10.1 Å². The maximum atomic E-state index is 12.5. The van der Waals surface area contributed by atoms with Gasteiger partial charge in [-0.15, -0.1) is 0 Å². The number of rotatable bonds is 6. The monoisotopic (exact) mass is 364 g/mol. The number of nitrogens with zero attached hydrogens (tertiary/aromatic N) is 4. The molecule has 0 saturated carbocycles. The van der Waals surface area contributed by atoms with E-state index >= 15 is 0 Å². The highest BCUT2D eigenvalue weighted by molar-refractivity contribution is 5.94. The number of nitrogens with one attached hydrogen (secondary N) is 1. The first-order valence-electron chi connectivity index (χ1n) is 8.62. The summed E-state index contributed by atoms with van der Waals surface area (Å²) in [5.41, 5.74) is 8.77. The lowest BCUT2D eigenvalue weighted by atomic mass is 10.0. The number of hydrogen-bond acceptors (Lipinski definition) is 7. The van der Waals surface area contributed by atoms with Gasteiger partial charge in [0.05, 0.1) is 30.4 Å². The van der Waals surface area contributed by atoms with Gasteiger partial charge in [0.2, 0.25) is 11.9 Å². The van der Waals surface area contributed by atoms with Crippen molar-refractivity contribution in [2.45, 2.75) is 26.4 Å². The summed E-state index contributed by atoms with van der Waals surface area (Å²) in [4.78, 5) is 34.3.